The van der Waals surface area contributed by atoms with E-state index in [2.05, 4.69) is 22.3 Å². The molecule has 0 bridgehead atoms. The van der Waals surface area contributed by atoms with E-state index in [1.807, 2.05) is 60.7 Å². The molecule has 0 fully saturated rings. The van der Waals surface area contributed by atoms with Gasteiger partial charge in [0.2, 0.25) is 0 Å². The fourth-order valence-corrected chi connectivity index (χ4v) is 1.92. The molecule has 0 aromatic heterocycles. The first-order valence-corrected chi connectivity index (χ1v) is 6.81. The van der Waals surface area contributed by atoms with Gasteiger partial charge in [0.15, 0.2) is 0 Å². The van der Waals surface area contributed by atoms with E-state index >= 15 is 0 Å². The molecule has 0 N–H and O–H groups in total. The minimum atomic E-state index is -0.449. The molecule has 2 aromatic rings. The highest BCUT2D eigenvalue weighted by Gasteiger charge is 2.07. The predicted octanol–water partition coefficient (Wildman–Crippen LogP) is 3.66. The molecule has 0 aliphatic rings. The first-order chi connectivity index (χ1) is 10.8. The van der Waals surface area contributed by atoms with E-state index in [-0.39, 0.29) is 0 Å². The van der Waals surface area contributed by atoms with Crippen LogP contribution in [0.1, 0.15) is 23.0 Å². The molecule has 0 heterocycles. The van der Waals surface area contributed by atoms with Crippen molar-refractivity contribution in [3.8, 4) is 12.1 Å². The second-order valence-electron chi connectivity index (χ2n) is 4.56. The molecule has 0 radical (unpaired) electrons. The summed E-state index contributed by atoms with van der Waals surface area (Å²) in [6.45, 7) is 0. The number of hydrogen-bond donors (Lipinski definition) is 0. The number of nitrogens with zero attached hydrogens (tertiary/aromatic N) is 4. The van der Waals surface area contributed by atoms with Crippen LogP contribution < -0.4 is 0 Å². The summed E-state index contributed by atoms with van der Waals surface area (Å²) >= 11 is 0. The minimum Gasteiger partial charge on any atom is -0.197 e. The summed E-state index contributed by atoms with van der Waals surface area (Å²) in [5, 5.41) is 26.1. The van der Waals surface area contributed by atoms with Gasteiger partial charge >= 0.3 is 0 Å². The Balaban J connectivity index is 2.05. The molecule has 0 saturated carbocycles. The molecule has 4 nitrogen and oxygen atoms in total. The highest BCUT2D eigenvalue weighted by atomic mass is 15.2. The van der Waals surface area contributed by atoms with Gasteiger partial charge in [-0.15, -0.1) is 0 Å². The van der Waals surface area contributed by atoms with Crippen LogP contribution in [0, 0.1) is 22.7 Å². The molecule has 0 spiro atoms. The average molecular weight is 286 g/mol. The smallest absolute Gasteiger partial charge is 0.108 e. The highest BCUT2D eigenvalue weighted by molar-refractivity contribution is 5.74. The maximum Gasteiger partial charge on any atom is 0.108 e. The Labute approximate surface area is 129 Å². The van der Waals surface area contributed by atoms with Crippen LogP contribution in [-0.2, 0) is 0 Å². The van der Waals surface area contributed by atoms with Crippen LogP contribution in [0.25, 0.3) is 0 Å². The molecule has 2 rings (SSSR count). The van der Waals surface area contributed by atoms with E-state index in [0.717, 1.165) is 11.1 Å². The molecule has 22 heavy (non-hydrogen) atoms. The lowest BCUT2D eigenvalue weighted by atomic mass is 10.0. The van der Waals surface area contributed by atoms with Gasteiger partial charge in [-0.05, 0) is 11.1 Å². The van der Waals surface area contributed by atoms with Crippen LogP contribution in [0.15, 0.2) is 70.9 Å². The van der Waals surface area contributed by atoms with Crippen LogP contribution >= 0.6 is 0 Å². The second kappa shape index (κ2) is 8.14. The third kappa shape index (κ3) is 4.13. The zero-order valence-electron chi connectivity index (χ0n) is 11.9. The topological polar surface area (TPSA) is 72.3 Å². The summed E-state index contributed by atoms with van der Waals surface area (Å²) in [7, 11) is 0. The Bertz CT molecular complexity index is 656. The monoisotopic (exact) mass is 286 g/mol. The van der Waals surface area contributed by atoms with Gasteiger partial charge in [0.05, 0.1) is 12.1 Å². The molecule has 0 aliphatic carbocycles. The van der Waals surface area contributed by atoms with Crippen molar-refractivity contribution in [3.63, 3.8) is 0 Å². The lowest BCUT2D eigenvalue weighted by Gasteiger charge is -2.02. The molecular weight excluding hydrogens is 272 g/mol. The van der Waals surface area contributed by atoms with Crippen LogP contribution in [0.2, 0.25) is 0 Å². The first-order valence-electron chi connectivity index (χ1n) is 6.81. The van der Waals surface area contributed by atoms with Crippen molar-refractivity contribution in [3.05, 3.63) is 71.8 Å². The van der Waals surface area contributed by atoms with Gasteiger partial charge in [-0.25, -0.2) is 0 Å². The maximum atomic E-state index is 9.17. The molecule has 106 valence electrons. The lowest BCUT2D eigenvalue weighted by molar-refractivity contribution is 1.11. The SMILES string of the molecule is N#C[C@H](/C=N\N=C/[C@H](C#N)c1ccccc1)c1ccccc1. The summed E-state index contributed by atoms with van der Waals surface area (Å²) in [5.74, 6) is -0.897. The van der Waals surface area contributed by atoms with Crippen molar-refractivity contribution < 1.29 is 0 Å². The zero-order chi connectivity index (χ0) is 15.6. The lowest BCUT2D eigenvalue weighted by Crippen LogP contribution is -1.98. The number of nitriles is 2. The third-order valence-electron chi connectivity index (χ3n) is 3.09. The quantitative estimate of drug-likeness (QED) is 0.621. The van der Waals surface area contributed by atoms with Crippen LogP contribution in [-0.4, -0.2) is 12.4 Å². The number of rotatable bonds is 5. The van der Waals surface area contributed by atoms with Crippen molar-refractivity contribution in [2.75, 3.05) is 0 Å². The summed E-state index contributed by atoms with van der Waals surface area (Å²) in [6.07, 6.45) is 2.95. The van der Waals surface area contributed by atoms with Crippen molar-refractivity contribution >= 4 is 12.4 Å². The third-order valence-corrected chi connectivity index (χ3v) is 3.09. The van der Waals surface area contributed by atoms with E-state index in [0.29, 0.717) is 0 Å². The Morgan fingerprint density at radius 2 is 1.05 bits per heavy atom. The molecule has 0 unspecified atom stereocenters. The van der Waals surface area contributed by atoms with Gasteiger partial charge in [0.25, 0.3) is 0 Å². The van der Waals surface area contributed by atoms with E-state index in [9.17, 15) is 0 Å². The van der Waals surface area contributed by atoms with Gasteiger partial charge in [0.1, 0.15) is 11.8 Å². The minimum absolute atomic E-state index is 0.449. The largest absolute Gasteiger partial charge is 0.197 e. The molecule has 2 aromatic carbocycles. The Morgan fingerprint density at radius 3 is 1.36 bits per heavy atom. The fourth-order valence-electron chi connectivity index (χ4n) is 1.92. The van der Waals surface area contributed by atoms with Crippen molar-refractivity contribution in [2.24, 2.45) is 10.2 Å². The van der Waals surface area contributed by atoms with Gasteiger partial charge in [0, 0.05) is 12.4 Å². The van der Waals surface area contributed by atoms with Crippen LogP contribution in [0.3, 0.4) is 0 Å². The van der Waals surface area contributed by atoms with Gasteiger partial charge < -0.3 is 0 Å². The highest BCUT2D eigenvalue weighted by Crippen LogP contribution is 2.13. The fraction of sp³-hybridized carbons (Fsp3) is 0.111. The molecular formula is C18H14N4. The van der Waals surface area contributed by atoms with Gasteiger partial charge in [-0.2, -0.15) is 20.7 Å². The van der Waals surface area contributed by atoms with Crippen molar-refractivity contribution in [1.29, 1.82) is 10.5 Å². The second-order valence-corrected chi connectivity index (χ2v) is 4.56. The van der Waals surface area contributed by atoms with Crippen LogP contribution in [0.4, 0.5) is 0 Å². The maximum absolute atomic E-state index is 9.17. The van der Waals surface area contributed by atoms with Crippen molar-refractivity contribution in [1.82, 2.24) is 0 Å². The first kappa shape index (κ1) is 15.2. The summed E-state index contributed by atoms with van der Waals surface area (Å²) in [5.41, 5.74) is 1.73. The van der Waals surface area contributed by atoms with Crippen molar-refractivity contribution in [2.45, 2.75) is 11.8 Å². The number of benzene rings is 2. The Hall–Kier alpha value is -3.24. The zero-order valence-corrected chi connectivity index (χ0v) is 11.9. The standard InChI is InChI=1S/C18H14N4/c19-11-17(15-7-3-1-4-8-15)13-21-22-14-18(12-20)16-9-5-2-6-10-16/h1-10,13-14,17-18H/b21-13-,22-14-/t17-,18+. The number of hydrogen-bond acceptors (Lipinski definition) is 4. The molecule has 0 aliphatic heterocycles. The van der Waals surface area contributed by atoms with E-state index < -0.39 is 11.8 Å². The predicted molar refractivity (Wildman–Crippen MR) is 86.6 cm³/mol. The van der Waals surface area contributed by atoms with E-state index in [1.165, 1.54) is 12.4 Å². The van der Waals surface area contributed by atoms with Gasteiger partial charge in [-0.3, -0.25) is 0 Å². The van der Waals surface area contributed by atoms with Crippen LogP contribution in [0.5, 0.6) is 0 Å². The molecule has 0 saturated heterocycles. The summed E-state index contributed by atoms with van der Waals surface area (Å²) in [6, 6.07) is 23.1. The van der Waals surface area contributed by atoms with E-state index in [4.69, 9.17) is 10.5 Å². The normalized spacial score (nSPS) is 13.5. The van der Waals surface area contributed by atoms with Gasteiger partial charge in [-0.1, -0.05) is 60.7 Å². The Kier molecular flexibility index (Phi) is 5.61. The average Bonchev–Trinajstić information content (AvgIpc) is 2.60. The summed E-state index contributed by atoms with van der Waals surface area (Å²) in [4.78, 5) is 0. The molecule has 2 atom stereocenters. The molecule has 0 amide bonds. The van der Waals surface area contributed by atoms with E-state index in [1.54, 1.807) is 0 Å². The molecule has 4 heteroatoms. The Morgan fingerprint density at radius 1 is 0.682 bits per heavy atom. The summed E-state index contributed by atoms with van der Waals surface area (Å²) < 4.78 is 0.